The van der Waals surface area contributed by atoms with Gasteiger partial charge in [-0.15, -0.1) is 0 Å². The van der Waals surface area contributed by atoms with Crippen LogP contribution >= 0.6 is 15.9 Å². The van der Waals surface area contributed by atoms with E-state index in [4.69, 9.17) is 9.47 Å². The predicted molar refractivity (Wildman–Crippen MR) is 91.5 cm³/mol. The summed E-state index contributed by atoms with van der Waals surface area (Å²) in [4.78, 5) is 12.4. The molecule has 0 saturated carbocycles. The second-order valence-electron chi connectivity index (χ2n) is 6.20. The van der Waals surface area contributed by atoms with Crippen molar-refractivity contribution < 1.29 is 14.3 Å². The number of halogens is 1. The van der Waals surface area contributed by atoms with Gasteiger partial charge in [0.05, 0.1) is 13.2 Å². The zero-order valence-electron chi connectivity index (χ0n) is 13.1. The van der Waals surface area contributed by atoms with Gasteiger partial charge in [0.2, 0.25) is 5.91 Å². The van der Waals surface area contributed by atoms with Crippen molar-refractivity contribution in [2.45, 2.75) is 24.3 Å². The molecular formula is C17H23BrN2O3. The molecule has 1 unspecified atom stereocenters. The number of hydrogen-bond acceptors (Lipinski definition) is 4. The van der Waals surface area contributed by atoms with E-state index in [0.717, 1.165) is 37.1 Å². The topological polar surface area (TPSA) is 59.6 Å². The monoisotopic (exact) mass is 382 g/mol. The molecule has 1 aromatic rings. The zero-order chi connectivity index (χ0) is 16.1. The average Bonchev–Trinajstić information content (AvgIpc) is 2.62. The molecule has 0 spiro atoms. The smallest absolute Gasteiger partial charge is 0.239 e. The SMILES string of the molecule is O=C(NCC1(c2ccc(Br)cc2)CCOCC1)C1COCCN1. The fourth-order valence-electron chi connectivity index (χ4n) is 3.25. The summed E-state index contributed by atoms with van der Waals surface area (Å²) in [5.74, 6) is 0.0210. The van der Waals surface area contributed by atoms with Crippen LogP contribution in [0.2, 0.25) is 0 Å². The molecule has 2 heterocycles. The molecule has 2 N–H and O–H groups in total. The number of rotatable bonds is 4. The number of morpholine rings is 1. The summed E-state index contributed by atoms with van der Waals surface area (Å²) in [5.41, 5.74) is 1.21. The van der Waals surface area contributed by atoms with E-state index in [1.807, 2.05) is 0 Å². The summed E-state index contributed by atoms with van der Waals surface area (Å²) in [6, 6.07) is 8.16. The van der Waals surface area contributed by atoms with Gasteiger partial charge in [-0.05, 0) is 30.5 Å². The quantitative estimate of drug-likeness (QED) is 0.830. The molecule has 23 heavy (non-hydrogen) atoms. The van der Waals surface area contributed by atoms with Gasteiger partial charge in [0.15, 0.2) is 0 Å². The third-order valence-corrected chi connectivity index (χ3v) is 5.27. The van der Waals surface area contributed by atoms with Gasteiger partial charge in [-0.3, -0.25) is 4.79 Å². The molecule has 5 nitrogen and oxygen atoms in total. The second-order valence-corrected chi connectivity index (χ2v) is 7.11. The highest BCUT2D eigenvalue weighted by Gasteiger charge is 2.35. The minimum atomic E-state index is -0.245. The van der Waals surface area contributed by atoms with Gasteiger partial charge in [-0.25, -0.2) is 0 Å². The predicted octanol–water partition coefficient (Wildman–Crippen LogP) is 1.60. The van der Waals surface area contributed by atoms with Crippen LogP contribution in [0.3, 0.4) is 0 Å². The molecule has 126 valence electrons. The Morgan fingerprint density at radius 2 is 1.96 bits per heavy atom. The Labute approximate surface area is 145 Å². The van der Waals surface area contributed by atoms with E-state index in [1.54, 1.807) is 0 Å². The lowest BCUT2D eigenvalue weighted by Gasteiger charge is -2.38. The molecule has 2 saturated heterocycles. The van der Waals surface area contributed by atoms with Crippen LogP contribution in [0.15, 0.2) is 28.7 Å². The highest BCUT2D eigenvalue weighted by molar-refractivity contribution is 9.10. The number of amides is 1. The van der Waals surface area contributed by atoms with Gasteiger partial charge in [0.1, 0.15) is 6.04 Å². The summed E-state index contributed by atoms with van der Waals surface area (Å²) < 4.78 is 12.0. The van der Waals surface area contributed by atoms with E-state index >= 15 is 0 Å². The Kier molecular flexibility index (Phi) is 5.69. The molecule has 0 radical (unpaired) electrons. The minimum Gasteiger partial charge on any atom is -0.381 e. The van der Waals surface area contributed by atoms with Gasteiger partial charge in [0.25, 0.3) is 0 Å². The molecule has 1 amide bonds. The first-order valence-electron chi connectivity index (χ1n) is 8.12. The normalized spacial score (nSPS) is 24.1. The van der Waals surface area contributed by atoms with Crippen molar-refractivity contribution in [1.82, 2.24) is 10.6 Å². The first kappa shape index (κ1) is 16.9. The Balaban J connectivity index is 1.69. The molecule has 0 aromatic heterocycles. The van der Waals surface area contributed by atoms with E-state index in [0.29, 0.717) is 19.8 Å². The van der Waals surface area contributed by atoms with Gasteiger partial charge < -0.3 is 20.1 Å². The first-order valence-corrected chi connectivity index (χ1v) is 8.92. The first-order chi connectivity index (χ1) is 11.2. The van der Waals surface area contributed by atoms with Crippen LogP contribution in [-0.2, 0) is 19.7 Å². The van der Waals surface area contributed by atoms with E-state index in [-0.39, 0.29) is 17.4 Å². The maximum atomic E-state index is 12.4. The summed E-state index contributed by atoms with van der Waals surface area (Å²) in [7, 11) is 0. The van der Waals surface area contributed by atoms with E-state index in [9.17, 15) is 4.79 Å². The number of carbonyl (C=O) groups excluding carboxylic acids is 1. The highest BCUT2D eigenvalue weighted by Crippen LogP contribution is 2.34. The summed E-state index contributed by atoms with van der Waals surface area (Å²) in [5, 5.41) is 6.33. The van der Waals surface area contributed by atoms with E-state index in [1.165, 1.54) is 5.56 Å². The third kappa shape index (κ3) is 4.12. The van der Waals surface area contributed by atoms with Crippen molar-refractivity contribution in [3.05, 3.63) is 34.3 Å². The lowest BCUT2D eigenvalue weighted by molar-refractivity contribution is -0.126. The number of carbonyl (C=O) groups is 1. The van der Waals surface area contributed by atoms with E-state index in [2.05, 4.69) is 50.8 Å². The van der Waals surface area contributed by atoms with Crippen molar-refractivity contribution in [3.8, 4) is 0 Å². The van der Waals surface area contributed by atoms with Crippen LogP contribution < -0.4 is 10.6 Å². The molecule has 0 bridgehead atoms. The van der Waals surface area contributed by atoms with Gasteiger partial charge >= 0.3 is 0 Å². The average molecular weight is 383 g/mol. The number of ether oxygens (including phenoxy) is 2. The van der Waals surface area contributed by atoms with Crippen LogP contribution in [0, 0.1) is 0 Å². The Hall–Kier alpha value is -0.950. The maximum Gasteiger partial charge on any atom is 0.239 e. The largest absolute Gasteiger partial charge is 0.381 e. The van der Waals surface area contributed by atoms with Crippen LogP contribution in [0.1, 0.15) is 18.4 Å². The lowest BCUT2D eigenvalue weighted by Crippen LogP contribution is -2.54. The molecule has 1 atom stereocenters. The molecule has 1 aromatic carbocycles. The van der Waals surface area contributed by atoms with Gasteiger partial charge in [0, 0.05) is 36.2 Å². The maximum absolute atomic E-state index is 12.4. The van der Waals surface area contributed by atoms with E-state index < -0.39 is 0 Å². The summed E-state index contributed by atoms with van der Waals surface area (Å²) in [6.07, 6.45) is 1.84. The van der Waals surface area contributed by atoms with Crippen molar-refractivity contribution in [2.75, 3.05) is 39.5 Å². The highest BCUT2D eigenvalue weighted by atomic mass is 79.9. The van der Waals surface area contributed by atoms with Crippen LogP contribution in [0.25, 0.3) is 0 Å². The zero-order valence-corrected chi connectivity index (χ0v) is 14.7. The number of hydrogen-bond donors (Lipinski definition) is 2. The van der Waals surface area contributed by atoms with Crippen molar-refractivity contribution in [1.29, 1.82) is 0 Å². The van der Waals surface area contributed by atoms with Crippen LogP contribution in [0.5, 0.6) is 0 Å². The van der Waals surface area contributed by atoms with Crippen molar-refractivity contribution >= 4 is 21.8 Å². The third-order valence-electron chi connectivity index (χ3n) is 4.75. The van der Waals surface area contributed by atoms with Gasteiger partial charge in [-0.1, -0.05) is 28.1 Å². The summed E-state index contributed by atoms with van der Waals surface area (Å²) >= 11 is 3.48. The van der Waals surface area contributed by atoms with Crippen molar-refractivity contribution in [3.63, 3.8) is 0 Å². The second kappa shape index (κ2) is 7.75. The van der Waals surface area contributed by atoms with Crippen LogP contribution in [-0.4, -0.2) is 51.5 Å². The minimum absolute atomic E-state index is 0.0210. The Morgan fingerprint density at radius 1 is 1.22 bits per heavy atom. The fourth-order valence-corrected chi connectivity index (χ4v) is 3.51. The molecular weight excluding hydrogens is 360 g/mol. The molecule has 6 heteroatoms. The molecule has 2 aliphatic heterocycles. The Morgan fingerprint density at radius 3 is 2.61 bits per heavy atom. The lowest BCUT2D eigenvalue weighted by atomic mass is 9.74. The Bertz CT molecular complexity index is 523. The fraction of sp³-hybridized carbons (Fsp3) is 0.588. The van der Waals surface area contributed by atoms with Crippen molar-refractivity contribution in [2.24, 2.45) is 0 Å². The van der Waals surface area contributed by atoms with Crippen LogP contribution in [0.4, 0.5) is 0 Å². The standard InChI is InChI=1S/C17H23BrN2O3/c18-14-3-1-13(2-4-14)17(5-8-22-9-6-17)12-20-16(21)15-11-23-10-7-19-15/h1-4,15,19H,5-12H2,(H,20,21). The molecule has 3 rings (SSSR count). The number of benzene rings is 1. The summed E-state index contributed by atoms with van der Waals surface area (Å²) in [6.45, 7) is 3.94. The molecule has 2 aliphatic rings. The molecule has 0 aliphatic carbocycles. The van der Waals surface area contributed by atoms with Gasteiger partial charge in [-0.2, -0.15) is 0 Å². The molecule has 2 fully saturated rings. The number of nitrogens with one attached hydrogen (secondary N) is 2.